The van der Waals surface area contributed by atoms with Gasteiger partial charge in [-0.3, -0.25) is 0 Å². The van der Waals surface area contributed by atoms with Crippen LogP contribution in [0.15, 0.2) is 81.3 Å². The lowest BCUT2D eigenvalue weighted by atomic mass is 10.2. The summed E-state index contributed by atoms with van der Waals surface area (Å²) < 4.78 is 4.34. The van der Waals surface area contributed by atoms with Gasteiger partial charge >= 0.3 is 0 Å². The summed E-state index contributed by atoms with van der Waals surface area (Å²) in [5.74, 6) is 0. The van der Waals surface area contributed by atoms with Gasteiger partial charge in [0.15, 0.2) is 0 Å². The van der Waals surface area contributed by atoms with Gasteiger partial charge in [0.05, 0.1) is 13.1 Å². The Bertz CT molecular complexity index is 1250. The van der Waals surface area contributed by atoms with Crippen LogP contribution < -0.4 is 9.60 Å². The Morgan fingerprint density at radius 2 is 0.969 bits per heavy atom. The van der Waals surface area contributed by atoms with Crippen molar-refractivity contribution in [2.75, 3.05) is 0 Å². The molecule has 0 radical (unpaired) electrons. The van der Waals surface area contributed by atoms with Crippen LogP contribution in [0.25, 0.3) is 0 Å². The van der Waals surface area contributed by atoms with Crippen molar-refractivity contribution in [3.05, 3.63) is 103 Å². The Hall–Kier alpha value is -3.10. The number of rotatable bonds is 6. The first kappa shape index (κ1) is 22.1. The fraction of sp³-hybridized carbons (Fsp3) is 0.250. The standard InChI is InChI=1S/C24H26N6S2/c1-17-19(3)31-23(29(17)15-21-11-7-5-8-12-21)25-27-28-26-24-30(18(2)20(4)32-24)16-22-13-9-6-10-14-22/h5-14H,15-16H2,1-4H3. The molecule has 164 valence electrons. The highest BCUT2D eigenvalue weighted by Crippen LogP contribution is 2.13. The first-order valence-corrected chi connectivity index (χ1v) is 12.1. The molecule has 0 aliphatic rings. The highest BCUT2D eigenvalue weighted by molar-refractivity contribution is 7.09. The van der Waals surface area contributed by atoms with E-state index >= 15 is 0 Å². The molecule has 0 atom stereocenters. The third-order valence-corrected chi connectivity index (χ3v) is 7.62. The molecule has 6 nitrogen and oxygen atoms in total. The minimum atomic E-state index is 0.753. The lowest BCUT2D eigenvalue weighted by molar-refractivity contribution is 0.710. The van der Waals surface area contributed by atoms with Crippen LogP contribution in [0.4, 0.5) is 0 Å². The minimum absolute atomic E-state index is 0.753. The summed E-state index contributed by atoms with van der Waals surface area (Å²) in [5.41, 5.74) is 4.83. The Labute approximate surface area is 195 Å². The van der Waals surface area contributed by atoms with E-state index in [0.717, 1.165) is 22.7 Å². The van der Waals surface area contributed by atoms with Gasteiger partial charge < -0.3 is 9.13 Å². The second kappa shape index (κ2) is 10.0. The lowest BCUT2D eigenvalue weighted by Crippen LogP contribution is -2.17. The molecule has 0 N–H and O–H groups in total. The molecule has 8 heteroatoms. The van der Waals surface area contributed by atoms with Crippen molar-refractivity contribution >= 4 is 22.7 Å². The van der Waals surface area contributed by atoms with Crippen molar-refractivity contribution < 1.29 is 0 Å². The van der Waals surface area contributed by atoms with Crippen molar-refractivity contribution in [1.82, 2.24) is 9.13 Å². The first-order valence-electron chi connectivity index (χ1n) is 10.4. The zero-order valence-electron chi connectivity index (χ0n) is 18.7. The first-order chi connectivity index (χ1) is 15.5. The van der Waals surface area contributed by atoms with Crippen LogP contribution in [0, 0.1) is 27.7 Å². The van der Waals surface area contributed by atoms with Crippen LogP contribution in [0.2, 0.25) is 0 Å². The zero-order valence-corrected chi connectivity index (χ0v) is 20.3. The number of aromatic nitrogens is 2. The van der Waals surface area contributed by atoms with E-state index in [1.807, 2.05) is 12.1 Å². The summed E-state index contributed by atoms with van der Waals surface area (Å²) in [4.78, 5) is 4.08. The topological polar surface area (TPSA) is 59.3 Å². The van der Waals surface area contributed by atoms with E-state index < -0.39 is 0 Å². The molecule has 0 saturated heterocycles. The van der Waals surface area contributed by atoms with Crippen LogP contribution in [0.5, 0.6) is 0 Å². The van der Waals surface area contributed by atoms with Gasteiger partial charge in [-0.1, -0.05) is 93.5 Å². The fourth-order valence-electron chi connectivity index (χ4n) is 3.37. The number of hydrogen-bond donors (Lipinski definition) is 0. The molecule has 2 aromatic carbocycles. The molecule has 0 unspecified atom stereocenters. The maximum absolute atomic E-state index is 4.38. The Morgan fingerprint density at radius 1 is 0.594 bits per heavy atom. The second-order valence-electron chi connectivity index (χ2n) is 7.57. The van der Waals surface area contributed by atoms with Crippen molar-refractivity contribution in [2.45, 2.75) is 40.8 Å². The molecular weight excluding hydrogens is 436 g/mol. The van der Waals surface area contributed by atoms with Crippen LogP contribution in [0.3, 0.4) is 0 Å². The quantitative estimate of drug-likeness (QED) is 0.267. The van der Waals surface area contributed by atoms with Crippen LogP contribution in [-0.4, -0.2) is 9.13 Å². The van der Waals surface area contributed by atoms with Crippen LogP contribution in [-0.2, 0) is 13.1 Å². The van der Waals surface area contributed by atoms with Gasteiger partial charge in [-0.2, -0.15) is 0 Å². The predicted octanol–water partition coefficient (Wildman–Crippen LogP) is 5.53. The summed E-state index contributed by atoms with van der Waals surface area (Å²) in [7, 11) is 0. The van der Waals surface area contributed by atoms with E-state index in [9.17, 15) is 0 Å². The van der Waals surface area contributed by atoms with Crippen LogP contribution >= 0.6 is 22.7 Å². The SMILES string of the molecule is Cc1sc(=NN=NN=c2sc(C)c(C)n2Cc2ccccc2)n(Cc2ccccc2)c1C. The zero-order chi connectivity index (χ0) is 22.5. The third kappa shape index (κ3) is 5.03. The molecule has 2 heterocycles. The number of benzene rings is 2. The number of aryl methyl sites for hydroxylation is 2. The minimum Gasteiger partial charge on any atom is -0.315 e. The van der Waals surface area contributed by atoms with E-state index in [0.29, 0.717) is 0 Å². The van der Waals surface area contributed by atoms with Crippen molar-refractivity contribution in [1.29, 1.82) is 0 Å². The fourth-order valence-corrected chi connectivity index (χ4v) is 5.21. The normalized spacial score (nSPS) is 12.9. The summed E-state index contributed by atoms with van der Waals surface area (Å²) in [6.07, 6.45) is 0. The van der Waals surface area contributed by atoms with Gasteiger partial charge in [-0.25, -0.2) is 0 Å². The molecule has 0 aliphatic heterocycles. The van der Waals surface area contributed by atoms with E-state index in [2.05, 4.69) is 106 Å². The van der Waals surface area contributed by atoms with E-state index in [1.165, 1.54) is 32.3 Å². The van der Waals surface area contributed by atoms with Gasteiger partial charge in [0, 0.05) is 21.1 Å². The van der Waals surface area contributed by atoms with Crippen molar-refractivity contribution in [3.63, 3.8) is 0 Å². The molecule has 0 bridgehead atoms. The molecule has 0 saturated carbocycles. The summed E-state index contributed by atoms with van der Waals surface area (Å²) in [6.45, 7) is 9.93. The largest absolute Gasteiger partial charge is 0.315 e. The molecule has 0 spiro atoms. The van der Waals surface area contributed by atoms with Gasteiger partial charge in [0.25, 0.3) is 0 Å². The monoisotopic (exact) mass is 462 g/mol. The maximum atomic E-state index is 4.38. The highest BCUT2D eigenvalue weighted by Gasteiger charge is 2.08. The molecule has 0 fully saturated rings. The molecule has 0 amide bonds. The number of hydrogen-bond acceptors (Lipinski definition) is 4. The lowest BCUT2D eigenvalue weighted by Gasteiger charge is -2.06. The Morgan fingerprint density at radius 3 is 1.34 bits per heavy atom. The van der Waals surface area contributed by atoms with E-state index in [1.54, 1.807) is 22.7 Å². The number of nitrogens with zero attached hydrogens (tertiary/aromatic N) is 6. The van der Waals surface area contributed by atoms with Crippen molar-refractivity contribution in [3.8, 4) is 0 Å². The molecular formula is C24H26N6S2. The summed E-state index contributed by atoms with van der Waals surface area (Å²) in [6, 6.07) is 20.7. The molecule has 0 aliphatic carbocycles. The van der Waals surface area contributed by atoms with E-state index in [4.69, 9.17) is 0 Å². The average molecular weight is 463 g/mol. The molecule has 2 aromatic heterocycles. The Balaban J connectivity index is 1.63. The van der Waals surface area contributed by atoms with Gasteiger partial charge in [0.2, 0.25) is 9.60 Å². The molecule has 4 aromatic rings. The maximum Gasteiger partial charge on any atom is 0.213 e. The highest BCUT2D eigenvalue weighted by atomic mass is 32.1. The summed E-state index contributed by atoms with van der Waals surface area (Å²) in [5, 5.41) is 16.9. The van der Waals surface area contributed by atoms with Gasteiger partial charge in [-0.05, 0) is 49.3 Å². The predicted molar refractivity (Wildman–Crippen MR) is 131 cm³/mol. The summed E-state index contributed by atoms with van der Waals surface area (Å²) >= 11 is 3.23. The van der Waals surface area contributed by atoms with Gasteiger partial charge in [-0.15, -0.1) is 0 Å². The second-order valence-corrected chi connectivity index (χ2v) is 9.94. The van der Waals surface area contributed by atoms with E-state index in [-0.39, 0.29) is 0 Å². The number of thiazole rings is 2. The van der Waals surface area contributed by atoms with Crippen molar-refractivity contribution in [2.24, 2.45) is 20.6 Å². The molecule has 32 heavy (non-hydrogen) atoms. The average Bonchev–Trinajstić information content (AvgIpc) is 3.22. The smallest absolute Gasteiger partial charge is 0.213 e. The third-order valence-electron chi connectivity index (χ3n) is 5.45. The van der Waals surface area contributed by atoms with Crippen LogP contribution in [0.1, 0.15) is 32.3 Å². The Kier molecular flexibility index (Phi) is 6.92. The molecule has 4 rings (SSSR count). The van der Waals surface area contributed by atoms with Gasteiger partial charge in [0.1, 0.15) is 0 Å².